The zero-order valence-corrected chi connectivity index (χ0v) is 31.3. The number of ether oxygens (including phenoxy) is 2. The van der Waals surface area contributed by atoms with Gasteiger partial charge in [-0.15, -0.1) is 0 Å². The lowest BCUT2D eigenvalue weighted by Gasteiger charge is -2.08. The van der Waals surface area contributed by atoms with Crippen LogP contribution in [0.25, 0.3) is 21.8 Å². The van der Waals surface area contributed by atoms with Crippen molar-refractivity contribution in [1.29, 1.82) is 0 Å². The standard InChI is InChI=1S/C40H56N6O6/c1-29(47)41-21-17-31-25-45(37-15-13-33(51-3)23-35(31)37)27-39(49)43-19-11-9-7-5-6-8-10-12-20-44-40(50)28-46-26-32(18-22-42-30(2)48)36-24-34(52-4)14-16-38(36)46/h13-16,23-26H,5-12,17-22,27-28H2,1-4H3,(H,41,47)(H,42,48)(H,43,49)(H,44,50). The average molecular weight is 717 g/mol. The van der Waals surface area contributed by atoms with Crippen LogP contribution in [0.15, 0.2) is 48.8 Å². The predicted molar refractivity (Wildman–Crippen MR) is 205 cm³/mol. The molecule has 12 heteroatoms. The fraction of sp³-hybridized carbons (Fsp3) is 0.500. The van der Waals surface area contributed by atoms with Gasteiger partial charge in [-0.3, -0.25) is 19.2 Å². The van der Waals surface area contributed by atoms with E-state index < -0.39 is 0 Å². The topological polar surface area (TPSA) is 145 Å². The van der Waals surface area contributed by atoms with Crippen LogP contribution >= 0.6 is 0 Å². The van der Waals surface area contributed by atoms with Crippen LogP contribution in [-0.4, -0.2) is 73.2 Å². The SMILES string of the molecule is COc1ccc2c(c1)c(CCNC(C)=O)cn2CC(=O)NCCCCCCCCCCNC(=O)Cn1cc(CCNC(C)=O)c2cc(OC)ccc21. The summed E-state index contributed by atoms with van der Waals surface area (Å²) in [7, 11) is 3.27. The van der Waals surface area contributed by atoms with Gasteiger partial charge in [0.1, 0.15) is 24.6 Å². The summed E-state index contributed by atoms with van der Waals surface area (Å²) < 4.78 is 14.7. The van der Waals surface area contributed by atoms with E-state index in [1.54, 1.807) is 14.2 Å². The van der Waals surface area contributed by atoms with E-state index in [1.165, 1.54) is 13.8 Å². The molecule has 0 spiro atoms. The van der Waals surface area contributed by atoms with Crippen molar-refractivity contribution in [3.05, 3.63) is 59.9 Å². The van der Waals surface area contributed by atoms with Crippen molar-refractivity contribution >= 4 is 45.4 Å². The van der Waals surface area contributed by atoms with Gasteiger partial charge in [0.25, 0.3) is 0 Å². The summed E-state index contributed by atoms with van der Waals surface area (Å²) in [6, 6.07) is 11.7. The first kappa shape index (κ1) is 39.8. The predicted octanol–water partition coefficient (Wildman–Crippen LogP) is 5.02. The molecule has 4 rings (SSSR count). The Kier molecular flexibility index (Phi) is 15.9. The van der Waals surface area contributed by atoms with Crippen LogP contribution in [-0.2, 0) is 45.1 Å². The number of nitrogens with one attached hydrogen (secondary N) is 4. The van der Waals surface area contributed by atoms with Crippen LogP contribution in [0, 0.1) is 0 Å². The maximum absolute atomic E-state index is 12.8. The van der Waals surface area contributed by atoms with Crippen LogP contribution in [0.5, 0.6) is 11.5 Å². The third-order valence-corrected chi connectivity index (χ3v) is 9.25. The van der Waals surface area contributed by atoms with Gasteiger partial charge in [0.15, 0.2) is 0 Å². The zero-order valence-electron chi connectivity index (χ0n) is 31.3. The third-order valence-electron chi connectivity index (χ3n) is 9.25. The van der Waals surface area contributed by atoms with Gasteiger partial charge in [-0.25, -0.2) is 0 Å². The largest absolute Gasteiger partial charge is 0.497 e. The maximum atomic E-state index is 12.8. The molecule has 0 fully saturated rings. The molecular formula is C40H56N6O6. The number of benzene rings is 2. The Hall–Kier alpha value is -5.00. The Morgan fingerprint density at radius 2 is 0.923 bits per heavy atom. The summed E-state index contributed by atoms with van der Waals surface area (Å²) in [6.45, 7) is 5.88. The van der Waals surface area contributed by atoms with Gasteiger partial charge >= 0.3 is 0 Å². The van der Waals surface area contributed by atoms with Gasteiger partial charge in [0.05, 0.1) is 14.2 Å². The van der Waals surface area contributed by atoms with Crippen molar-refractivity contribution in [3.63, 3.8) is 0 Å². The Morgan fingerprint density at radius 1 is 0.538 bits per heavy atom. The molecule has 2 aromatic carbocycles. The van der Waals surface area contributed by atoms with Crippen LogP contribution in [0.4, 0.5) is 0 Å². The molecule has 0 bridgehead atoms. The van der Waals surface area contributed by atoms with E-state index in [1.807, 2.05) is 57.9 Å². The molecule has 0 saturated heterocycles. The number of rotatable bonds is 23. The van der Waals surface area contributed by atoms with Crippen LogP contribution in [0.3, 0.4) is 0 Å². The fourth-order valence-corrected chi connectivity index (χ4v) is 6.55. The van der Waals surface area contributed by atoms with Crippen molar-refractivity contribution in [2.45, 2.75) is 91.1 Å². The van der Waals surface area contributed by atoms with Gasteiger partial charge < -0.3 is 39.9 Å². The fourth-order valence-electron chi connectivity index (χ4n) is 6.55. The minimum absolute atomic E-state index is 0.0148. The summed E-state index contributed by atoms with van der Waals surface area (Å²) in [6.07, 6.45) is 14.0. The van der Waals surface area contributed by atoms with E-state index in [9.17, 15) is 19.2 Å². The average Bonchev–Trinajstić information content (AvgIpc) is 3.64. The van der Waals surface area contributed by atoms with E-state index in [0.717, 1.165) is 95.8 Å². The first-order chi connectivity index (χ1) is 25.2. The van der Waals surface area contributed by atoms with E-state index in [-0.39, 0.29) is 36.7 Å². The van der Waals surface area contributed by atoms with E-state index >= 15 is 0 Å². The molecule has 2 aromatic heterocycles. The molecule has 0 aliphatic rings. The lowest BCUT2D eigenvalue weighted by molar-refractivity contribution is -0.122. The van der Waals surface area contributed by atoms with Crippen LogP contribution in [0.1, 0.15) is 76.3 Å². The third kappa shape index (κ3) is 12.3. The molecule has 0 saturated carbocycles. The van der Waals surface area contributed by atoms with Gasteiger partial charge in [-0.1, -0.05) is 38.5 Å². The molecule has 0 unspecified atom stereocenters. The highest BCUT2D eigenvalue weighted by Gasteiger charge is 2.14. The minimum Gasteiger partial charge on any atom is -0.497 e. The number of carbonyl (C=O) groups excluding carboxylic acids is 4. The monoisotopic (exact) mass is 716 g/mol. The van der Waals surface area contributed by atoms with Crippen molar-refractivity contribution < 1.29 is 28.7 Å². The number of hydrogen-bond donors (Lipinski definition) is 4. The summed E-state index contributed by atoms with van der Waals surface area (Å²) in [4.78, 5) is 48.1. The van der Waals surface area contributed by atoms with Crippen molar-refractivity contribution in [2.75, 3.05) is 40.4 Å². The van der Waals surface area contributed by atoms with Gasteiger partial charge in [-0.05, 0) is 73.2 Å². The lowest BCUT2D eigenvalue weighted by Crippen LogP contribution is -2.28. The Bertz CT molecular complexity index is 1660. The second-order valence-corrected chi connectivity index (χ2v) is 13.3. The number of hydrogen-bond acceptors (Lipinski definition) is 6. The number of carbonyl (C=O) groups is 4. The maximum Gasteiger partial charge on any atom is 0.239 e. The number of unbranched alkanes of at least 4 members (excludes halogenated alkanes) is 7. The summed E-state index contributed by atoms with van der Waals surface area (Å²) in [5.41, 5.74) is 4.06. The molecular weight excluding hydrogens is 660 g/mol. The number of fused-ring (bicyclic) bond motifs is 2. The molecule has 4 aromatic rings. The summed E-state index contributed by atoms with van der Waals surface area (Å²) in [5.74, 6) is 1.36. The smallest absolute Gasteiger partial charge is 0.239 e. The Balaban J connectivity index is 1.06. The Labute approximate surface area is 307 Å². The van der Waals surface area contributed by atoms with Crippen molar-refractivity contribution in [1.82, 2.24) is 30.4 Å². The number of aromatic nitrogens is 2. The molecule has 0 atom stereocenters. The second-order valence-electron chi connectivity index (χ2n) is 13.3. The van der Waals surface area contributed by atoms with Crippen LogP contribution in [0.2, 0.25) is 0 Å². The van der Waals surface area contributed by atoms with Gasteiger partial charge in [0, 0.05) is 74.2 Å². The molecule has 282 valence electrons. The molecule has 0 aliphatic heterocycles. The summed E-state index contributed by atoms with van der Waals surface area (Å²) in [5, 5.41) is 13.9. The van der Waals surface area contributed by atoms with E-state index in [4.69, 9.17) is 9.47 Å². The molecule has 2 heterocycles. The molecule has 12 nitrogen and oxygen atoms in total. The zero-order chi connectivity index (χ0) is 37.3. The lowest BCUT2D eigenvalue weighted by atomic mass is 10.1. The summed E-state index contributed by atoms with van der Waals surface area (Å²) >= 11 is 0. The normalized spacial score (nSPS) is 11.1. The second kappa shape index (κ2) is 20.8. The molecule has 0 radical (unpaired) electrons. The van der Waals surface area contributed by atoms with Gasteiger partial charge in [0.2, 0.25) is 23.6 Å². The first-order valence-electron chi connectivity index (χ1n) is 18.5. The number of amides is 4. The van der Waals surface area contributed by atoms with Crippen molar-refractivity contribution in [3.8, 4) is 11.5 Å². The highest BCUT2D eigenvalue weighted by molar-refractivity contribution is 5.88. The molecule has 4 N–H and O–H groups in total. The highest BCUT2D eigenvalue weighted by atomic mass is 16.5. The van der Waals surface area contributed by atoms with Crippen molar-refractivity contribution in [2.24, 2.45) is 0 Å². The van der Waals surface area contributed by atoms with Gasteiger partial charge in [-0.2, -0.15) is 0 Å². The quantitative estimate of drug-likeness (QED) is 0.0794. The van der Waals surface area contributed by atoms with Crippen LogP contribution < -0.4 is 30.7 Å². The number of nitrogens with zero attached hydrogens (tertiary/aromatic N) is 2. The minimum atomic E-state index is -0.0621. The van der Waals surface area contributed by atoms with E-state index in [2.05, 4.69) is 21.3 Å². The Morgan fingerprint density at radius 3 is 1.29 bits per heavy atom. The number of methoxy groups -OCH3 is 2. The molecule has 4 amide bonds. The molecule has 52 heavy (non-hydrogen) atoms. The molecule has 0 aliphatic carbocycles. The first-order valence-corrected chi connectivity index (χ1v) is 18.5. The highest BCUT2D eigenvalue weighted by Crippen LogP contribution is 2.28. The van der Waals surface area contributed by atoms with E-state index in [0.29, 0.717) is 39.0 Å².